The summed E-state index contributed by atoms with van der Waals surface area (Å²) in [4.78, 5) is 28.3. The van der Waals surface area contributed by atoms with Crippen molar-refractivity contribution in [1.82, 2.24) is 24.7 Å². The van der Waals surface area contributed by atoms with Crippen molar-refractivity contribution in [1.29, 1.82) is 0 Å². The molecule has 1 aliphatic carbocycles. The van der Waals surface area contributed by atoms with Crippen LogP contribution in [0.15, 0.2) is 60.7 Å². The number of alkyl halides is 2. The van der Waals surface area contributed by atoms with Crippen LogP contribution in [0.3, 0.4) is 0 Å². The van der Waals surface area contributed by atoms with Gasteiger partial charge in [0.2, 0.25) is 17.7 Å². The van der Waals surface area contributed by atoms with Crippen molar-refractivity contribution < 1.29 is 28.2 Å². The molecule has 1 N–H and O–H groups in total. The van der Waals surface area contributed by atoms with Crippen LogP contribution in [0, 0.1) is 0 Å². The van der Waals surface area contributed by atoms with Gasteiger partial charge in [0.05, 0.1) is 12.7 Å². The number of amides is 1. The second-order valence-corrected chi connectivity index (χ2v) is 11.8. The van der Waals surface area contributed by atoms with Crippen molar-refractivity contribution in [2.45, 2.75) is 49.7 Å². The lowest BCUT2D eigenvalue weighted by Crippen LogP contribution is -2.67. The van der Waals surface area contributed by atoms with Crippen molar-refractivity contribution in [2.75, 3.05) is 53.0 Å². The number of piperazine rings is 2. The highest BCUT2D eigenvalue weighted by atomic mass is 19.3. The Balaban J connectivity index is 1.37. The van der Waals surface area contributed by atoms with Crippen LogP contribution in [0.2, 0.25) is 0 Å². The molecule has 2 saturated heterocycles. The zero-order valence-corrected chi connectivity index (χ0v) is 24.9. The van der Waals surface area contributed by atoms with Gasteiger partial charge < -0.3 is 19.5 Å². The Hall–Kier alpha value is -3.67. The number of aliphatic hydroxyl groups is 1. The van der Waals surface area contributed by atoms with Crippen LogP contribution >= 0.6 is 0 Å². The van der Waals surface area contributed by atoms with Gasteiger partial charge in [0, 0.05) is 63.2 Å². The third-order valence-corrected chi connectivity index (χ3v) is 8.87. The first-order chi connectivity index (χ1) is 21.4. The number of hydrogen-bond donors (Lipinski definition) is 1. The number of aromatic nitrogens is 2. The molecule has 3 aliphatic rings. The fourth-order valence-electron chi connectivity index (χ4n) is 6.69. The summed E-state index contributed by atoms with van der Waals surface area (Å²) in [5.74, 6) is 0.989. The second-order valence-electron chi connectivity index (χ2n) is 11.8. The standard InChI is InChI=1S/C33H39F2N5O4/c1-43-32-26(33(44-21-28(34)35)37-31(36-32)24-12-13-24)18-38-16-25-17-39(29(42)20-41)14-15-40(25)27(19-38)30(22-8-4-2-5-9-22)23-10-6-3-7-11-23/h2-11,24-25,27-28,30,41H,12-21H2,1H3/t25-,27+/m1/s1. The van der Waals surface area contributed by atoms with Crippen molar-refractivity contribution in [3.63, 3.8) is 0 Å². The number of ether oxygens (including phenoxy) is 2. The fraction of sp³-hybridized carbons (Fsp3) is 0.485. The highest BCUT2D eigenvalue weighted by Gasteiger charge is 2.43. The molecule has 3 heterocycles. The number of aliphatic hydroxyl groups excluding tert-OH is 1. The molecule has 0 unspecified atom stereocenters. The van der Waals surface area contributed by atoms with E-state index in [1.807, 2.05) is 12.1 Å². The number of halogens is 2. The third kappa shape index (κ3) is 6.69. The number of carbonyl (C=O) groups is 1. The van der Waals surface area contributed by atoms with Crippen LogP contribution in [0.5, 0.6) is 11.8 Å². The summed E-state index contributed by atoms with van der Waals surface area (Å²) in [6.45, 7) is 2.02. The number of methoxy groups -OCH3 is 1. The monoisotopic (exact) mass is 607 g/mol. The molecule has 0 radical (unpaired) electrons. The highest BCUT2D eigenvalue weighted by Crippen LogP contribution is 2.41. The lowest BCUT2D eigenvalue weighted by molar-refractivity contribution is -0.139. The van der Waals surface area contributed by atoms with Crippen LogP contribution in [0.4, 0.5) is 8.78 Å². The number of fused-ring (bicyclic) bond motifs is 1. The van der Waals surface area contributed by atoms with E-state index in [0.717, 1.165) is 12.8 Å². The lowest BCUT2D eigenvalue weighted by Gasteiger charge is -2.53. The van der Waals surface area contributed by atoms with Gasteiger partial charge in [-0.25, -0.2) is 8.78 Å². The predicted molar refractivity (Wildman–Crippen MR) is 160 cm³/mol. The molecule has 1 amide bonds. The Labute approximate surface area is 256 Å². The Morgan fingerprint density at radius 2 is 1.61 bits per heavy atom. The molecule has 11 heteroatoms. The van der Waals surface area contributed by atoms with Gasteiger partial charge in [-0.1, -0.05) is 60.7 Å². The molecule has 234 valence electrons. The minimum atomic E-state index is -2.64. The molecule has 2 aromatic carbocycles. The molecule has 6 rings (SSSR count). The summed E-state index contributed by atoms with van der Waals surface area (Å²) in [5.41, 5.74) is 2.92. The highest BCUT2D eigenvalue weighted by molar-refractivity contribution is 5.77. The SMILES string of the molecule is COc1nc(C2CC2)nc(OCC(F)F)c1CN1C[C@@H]2CN(C(=O)CO)CCN2[C@H](C(c2ccccc2)c2ccccc2)C1. The first-order valence-corrected chi connectivity index (χ1v) is 15.3. The van der Waals surface area contributed by atoms with Crippen LogP contribution < -0.4 is 9.47 Å². The summed E-state index contributed by atoms with van der Waals surface area (Å²) >= 11 is 0. The normalized spacial score (nSPS) is 21.0. The minimum absolute atomic E-state index is 0.0176. The molecule has 0 bridgehead atoms. The number of rotatable bonds is 11. The van der Waals surface area contributed by atoms with Crippen molar-refractivity contribution >= 4 is 5.91 Å². The molecule has 2 atom stereocenters. The van der Waals surface area contributed by atoms with Crippen LogP contribution in [-0.2, 0) is 11.3 Å². The zero-order valence-electron chi connectivity index (χ0n) is 24.9. The van der Waals surface area contributed by atoms with E-state index >= 15 is 0 Å². The van der Waals surface area contributed by atoms with E-state index in [0.29, 0.717) is 56.5 Å². The van der Waals surface area contributed by atoms with E-state index in [-0.39, 0.29) is 35.7 Å². The molecule has 9 nitrogen and oxygen atoms in total. The van der Waals surface area contributed by atoms with Gasteiger partial charge in [0.15, 0.2) is 6.61 Å². The summed E-state index contributed by atoms with van der Waals surface area (Å²) in [6, 6.07) is 20.9. The van der Waals surface area contributed by atoms with Crippen LogP contribution in [-0.4, -0.2) is 107 Å². The Bertz CT molecular complexity index is 1370. The maximum absolute atomic E-state index is 13.3. The van der Waals surface area contributed by atoms with Crippen molar-refractivity contribution in [3.05, 3.63) is 83.2 Å². The minimum Gasteiger partial charge on any atom is -0.481 e. The van der Waals surface area contributed by atoms with Gasteiger partial charge in [0.25, 0.3) is 6.43 Å². The average Bonchev–Trinajstić information content (AvgIpc) is 3.90. The number of carbonyl (C=O) groups excluding carboxylic acids is 1. The maximum Gasteiger partial charge on any atom is 0.272 e. The first-order valence-electron chi connectivity index (χ1n) is 15.3. The van der Waals surface area contributed by atoms with E-state index < -0.39 is 19.6 Å². The van der Waals surface area contributed by atoms with Crippen molar-refractivity contribution in [2.24, 2.45) is 0 Å². The Kier molecular flexibility index (Phi) is 9.34. The average molecular weight is 608 g/mol. The fourth-order valence-corrected chi connectivity index (χ4v) is 6.69. The lowest BCUT2D eigenvalue weighted by atomic mass is 9.81. The summed E-state index contributed by atoms with van der Waals surface area (Å²) < 4.78 is 37.8. The van der Waals surface area contributed by atoms with Gasteiger partial charge in [-0.2, -0.15) is 9.97 Å². The topological polar surface area (TPSA) is 91.3 Å². The molecule has 3 aromatic rings. The van der Waals surface area contributed by atoms with E-state index in [1.165, 1.54) is 18.2 Å². The van der Waals surface area contributed by atoms with Crippen LogP contribution in [0.25, 0.3) is 0 Å². The summed E-state index contributed by atoms with van der Waals surface area (Å²) in [7, 11) is 1.53. The third-order valence-electron chi connectivity index (χ3n) is 8.87. The van der Waals surface area contributed by atoms with E-state index in [4.69, 9.17) is 9.47 Å². The predicted octanol–water partition coefficient (Wildman–Crippen LogP) is 3.53. The van der Waals surface area contributed by atoms with E-state index in [9.17, 15) is 18.7 Å². The zero-order chi connectivity index (χ0) is 30.6. The Morgan fingerprint density at radius 1 is 0.955 bits per heavy atom. The summed E-state index contributed by atoms with van der Waals surface area (Å²) in [5, 5.41) is 9.60. The molecule has 2 aliphatic heterocycles. The molecule has 1 saturated carbocycles. The van der Waals surface area contributed by atoms with Gasteiger partial charge >= 0.3 is 0 Å². The molecule has 44 heavy (non-hydrogen) atoms. The van der Waals surface area contributed by atoms with Gasteiger partial charge in [-0.15, -0.1) is 0 Å². The first kappa shape index (κ1) is 30.4. The Morgan fingerprint density at radius 3 is 2.20 bits per heavy atom. The molecule has 1 aromatic heterocycles. The summed E-state index contributed by atoms with van der Waals surface area (Å²) in [6.07, 6.45) is -0.743. The maximum atomic E-state index is 13.3. The number of hydrogen-bond acceptors (Lipinski definition) is 8. The number of nitrogens with zero attached hydrogens (tertiary/aromatic N) is 5. The number of benzene rings is 2. The van der Waals surface area contributed by atoms with Crippen LogP contribution in [0.1, 0.15) is 47.2 Å². The van der Waals surface area contributed by atoms with E-state index in [1.54, 1.807) is 4.90 Å². The smallest absolute Gasteiger partial charge is 0.272 e. The van der Waals surface area contributed by atoms with Gasteiger partial charge in [0.1, 0.15) is 12.4 Å². The molecular formula is C33H39F2N5O4. The van der Waals surface area contributed by atoms with Gasteiger partial charge in [-0.05, 0) is 24.0 Å². The largest absolute Gasteiger partial charge is 0.481 e. The van der Waals surface area contributed by atoms with Gasteiger partial charge in [-0.3, -0.25) is 14.6 Å². The molecule has 0 spiro atoms. The molecular weight excluding hydrogens is 568 g/mol. The van der Waals surface area contributed by atoms with E-state index in [2.05, 4.69) is 68.3 Å². The quantitative estimate of drug-likeness (QED) is 0.354. The molecule has 3 fully saturated rings. The van der Waals surface area contributed by atoms with Crippen molar-refractivity contribution in [3.8, 4) is 11.8 Å². The second kappa shape index (κ2) is 13.5.